The first-order valence-electron chi connectivity index (χ1n) is 11.1. The van der Waals surface area contributed by atoms with E-state index in [2.05, 4.69) is 10.6 Å². The van der Waals surface area contributed by atoms with Crippen LogP contribution in [0.3, 0.4) is 0 Å². The molecule has 6 nitrogen and oxygen atoms in total. The van der Waals surface area contributed by atoms with Gasteiger partial charge in [-0.15, -0.1) is 11.8 Å². The second kappa shape index (κ2) is 12.4. The van der Waals surface area contributed by atoms with Crippen molar-refractivity contribution in [2.24, 2.45) is 5.92 Å². The van der Waals surface area contributed by atoms with Gasteiger partial charge in [-0.25, -0.2) is 0 Å². The van der Waals surface area contributed by atoms with Crippen molar-refractivity contribution in [1.29, 1.82) is 0 Å². The number of carbonyl (C=O) groups is 2. The van der Waals surface area contributed by atoms with Gasteiger partial charge in [0.1, 0.15) is 11.5 Å². The van der Waals surface area contributed by atoms with Crippen LogP contribution in [0.1, 0.15) is 48.0 Å². The quantitative estimate of drug-likeness (QED) is 0.518. The molecule has 32 heavy (non-hydrogen) atoms. The highest BCUT2D eigenvalue weighted by atomic mass is 32.2. The lowest BCUT2D eigenvalue weighted by Gasteiger charge is -2.21. The molecule has 0 heterocycles. The van der Waals surface area contributed by atoms with Crippen LogP contribution in [-0.2, 0) is 11.3 Å². The molecule has 2 amide bonds. The first kappa shape index (κ1) is 24.0. The van der Waals surface area contributed by atoms with Gasteiger partial charge in [0, 0.05) is 29.6 Å². The third-order valence-electron chi connectivity index (χ3n) is 5.74. The number of hydrogen-bond acceptors (Lipinski definition) is 5. The molecule has 0 aliphatic heterocycles. The monoisotopic (exact) mass is 456 g/mol. The zero-order valence-corrected chi connectivity index (χ0v) is 19.6. The molecule has 0 unspecified atom stereocenters. The lowest BCUT2D eigenvalue weighted by atomic mass is 9.89. The normalized spacial score (nSPS) is 13.9. The largest absolute Gasteiger partial charge is 0.497 e. The summed E-state index contributed by atoms with van der Waals surface area (Å²) in [5.74, 6) is 2.07. The number of ether oxygens (including phenoxy) is 2. The number of carbonyl (C=O) groups excluding carboxylic acids is 2. The molecule has 1 saturated carbocycles. The SMILES string of the molecule is COc1ccc(CNC(=O)c2ccccc2SCC(=O)NCC2CCCCC2)c(OC)c1. The Kier molecular flexibility index (Phi) is 9.28. The first-order valence-corrected chi connectivity index (χ1v) is 12.1. The molecule has 1 fully saturated rings. The number of hydrogen-bond donors (Lipinski definition) is 2. The predicted octanol–water partition coefficient (Wildman–Crippen LogP) is 4.42. The molecule has 2 N–H and O–H groups in total. The fraction of sp³-hybridized carbons (Fsp3) is 0.440. The summed E-state index contributed by atoms with van der Waals surface area (Å²) in [6.07, 6.45) is 6.25. The van der Waals surface area contributed by atoms with Crippen molar-refractivity contribution in [1.82, 2.24) is 10.6 Å². The van der Waals surface area contributed by atoms with E-state index >= 15 is 0 Å². The van der Waals surface area contributed by atoms with Crippen molar-refractivity contribution < 1.29 is 19.1 Å². The second-order valence-corrected chi connectivity index (χ2v) is 8.97. The molecule has 3 rings (SSSR count). The molecule has 2 aromatic carbocycles. The standard InChI is InChI=1S/C25H32N2O4S/c1-30-20-13-12-19(22(14-20)31-2)16-27-25(29)21-10-6-7-11-23(21)32-17-24(28)26-15-18-8-4-3-5-9-18/h6-7,10-14,18H,3-5,8-9,15-17H2,1-2H3,(H,26,28)(H,27,29). The maximum atomic E-state index is 12.8. The maximum Gasteiger partial charge on any atom is 0.252 e. The molecule has 172 valence electrons. The lowest BCUT2D eigenvalue weighted by Crippen LogP contribution is -2.31. The van der Waals surface area contributed by atoms with Crippen molar-refractivity contribution >= 4 is 23.6 Å². The molecular weight excluding hydrogens is 424 g/mol. The second-order valence-electron chi connectivity index (χ2n) is 7.95. The predicted molar refractivity (Wildman–Crippen MR) is 127 cm³/mol. The van der Waals surface area contributed by atoms with Crippen LogP contribution in [0, 0.1) is 5.92 Å². The summed E-state index contributed by atoms with van der Waals surface area (Å²) < 4.78 is 10.6. The van der Waals surface area contributed by atoms with Crippen LogP contribution >= 0.6 is 11.8 Å². The van der Waals surface area contributed by atoms with Gasteiger partial charge in [-0.05, 0) is 43.0 Å². The zero-order valence-electron chi connectivity index (χ0n) is 18.8. The number of thioether (sulfide) groups is 1. The van der Waals surface area contributed by atoms with Crippen LogP contribution in [-0.4, -0.2) is 38.3 Å². The van der Waals surface area contributed by atoms with E-state index in [9.17, 15) is 9.59 Å². The molecular formula is C25H32N2O4S. The summed E-state index contributed by atoms with van der Waals surface area (Å²) >= 11 is 1.39. The van der Waals surface area contributed by atoms with Crippen molar-refractivity contribution in [3.8, 4) is 11.5 Å². The molecule has 1 aliphatic carbocycles. The van der Waals surface area contributed by atoms with E-state index in [0.717, 1.165) is 17.0 Å². The first-order chi connectivity index (χ1) is 15.6. The third kappa shape index (κ3) is 6.92. The smallest absolute Gasteiger partial charge is 0.252 e. The molecule has 0 atom stereocenters. The van der Waals surface area contributed by atoms with Gasteiger partial charge in [0.2, 0.25) is 5.91 Å². The molecule has 7 heteroatoms. The Balaban J connectivity index is 1.53. The number of rotatable bonds is 10. The number of methoxy groups -OCH3 is 2. The van der Waals surface area contributed by atoms with Gasteiger partial charge in [-0.3, -0.25) is 9.59 Å². The summed E-state index contributed by atoms with van der Waals surface area (Å²) in [5, 5.41) is 6.01. The van der Waals surface area contributed by atoms with Crippen LogP contribution in [0.2, 0.25) is 0 Å². The van der Waals surface area contributed by atoms with E-state index in [1.807, 2.05) is 30.3 Å². The molecule has 0 radical (unpaired) electrons. The molecule has 0 bridgehead atoms. The fourth-order valence-corrected chi connectivity index (χ4v) is 4.77. The van der Waals surface area contributed by atoms with E-state index in [-0.39, 0.29) is 11.8 Å². The Morgan fingerprint density at radius 1 is 1.00 bits per heavy atom. The Hall–Kier alpha value is -2.67. The number of nitrogens with one attached hydrogen (secondary N) is 2. The minimum atomic E-state index is -0.186. The summed E-state index contributed by atoms with van der Waals surface area (Å²) in [4.78, 5) is 26.0. The van der Waals surface area contributed by atoms with Crippen LogP contribution in [0.5, 0.6) is 11.5 Å². The highest BCUT2D eigenvalue weighted by Crippen LogP contribution is 2.26. The van der Waals surface area contributed by atoms with Crippen molar-refractivity contribution in [3.63, 3.8) is 0 Å². The van der Waals surface area contributed by atoms with Gasteiger partial charge >= 0.3 is 0 Å². The van der Waals surface area contributed by atoms with Crippen molar-refractivity contribution in [3.05, 3.63) is 53.6 Å². The van der Waals surface area contributed by atoms with Gasteiger partial charge in [0.05, 0.1) is 25.5 Å². The van der Waals surface area contributed by atoms with Crippen molar-refractivity contribution in [2.45, 2.75) is 43.5 Å². The highest BCUT2D eigenvalue weighted by Gasteiger charge is 2.16. The van der Waals surface area contributed by atoms with E-state index in [0.29, 0.717) is 35.3 Å². The van der Waals surface area contributed by atoms with Crippen LogP contribution in [0.15, 0.2) is 47.4 Å². The highest BCUT2D eigenvalue weighted by molar-refractivity contribution is 8.00. The summed E-state index contributed by atoms with van der Waals surface area (Å²) in [6, 6.07) is 12.9. The third-order valence-corrected chi connectivity index (χ3v) is 6.81. The van der Waals surface area contributed by atoms with Gasteiger partial charge in [-0.2, -0.15) is 0 Å². The maximum absolute atomic E-state index is 12.8. The van der Waals surface area contributed by atoms with Crippen molar-refractivity contribution in [2.75, 3.05) is 26.5 Å². The van der Waals surface area contributed by atoms with Crippen LogP contribution < -0.4 is 20.1 Å². The van der Waals surface area contributed by atoms with Gasteiger partial charge in [0.25, 0.3) is 5.91 Å². The number of amides is 2. The average molecular weight is 457 g/mol. The zero-order chi connectivity index (χ0) is 22.8. The van der Waals surface area contributed by atoms with Gasteiger partial charge in [0.15, 0.2) is 0 Å². The van der Waals surface area contributed by atoms with Crippen LogP contribution in [0.4, 0.5) is 0 Å². The fourth-order valence-electron chi connectivity index (χ4n) is 3.89. The number of benzene rings is 2. The minimum Gasteiger partial charge on any atom is -0.497 e. The van der Waals surface area contributed by atoms with E-state index in [1.165, 1.54) is 43.9 Å². The van der Waals surface area contributed by atoms with Gasteiger partial charge in [-0.1, -0.05) is 31.4 Å². The summed E-state index contributed by atoms with van der Waals surface area (Å²) in [7, 11) is 3.19. The summed E-state index contributed by atoms with van der Waals surface area (Å²) in [6.45, 7) is 1.08. The molecule has 0 spiro atoms. The van der Waals surface area contributed by atoms with Crippen LogP contribution in [0.25, 0.3) is 0 Å². The van der Waals surface area contributed by atoms with E-state index < -0.39 is 0 Å². The average Bonchev–Trinajstić information content (AvgIpc) is 2.85. The molecule has 2 aromatic rings. The minimum absolute atomic E-state index is 0.0127. The van der Waals surface area contributed by atoms with Gasteiger partial charge < -0.3 is 20.1 Å². The Bertz CT molecular complexity index is 913. The lowest BCUT2D eigenvalue weighted by molar-refractivity contribution is -0.118. The molecule has 0 saturated heterocycles. The Morgan fingerprint density at radius 2 is 1.78 bits per heavy atom. The Labute approximate surface area is 194 Å². The Morgan fingerprint density at radius 3 is 2.53 bits per heavy atom. The topological polar surface area (TPSA) is 76.7 Å². The van der Waals surface area contributed by atoms with E-state index in [1.54, 1.807) is 26.4 Å². The molecule has 1 aliphatic rings. The summed E-state index contributed by atoms with van der Waals surface area (Å²) in [5.41, 5.74) is 1.42. The van der Waals surface area contributed by atoms with E-state index in [4.69, 9.17) is 9.47 Å². The molecule has 0 aromatic heterocycles.